The molecule has 0 aliphatic carbocycles. The van der Waals surface area contributed by atoms with E-state index in [1.54, 1.807) is 42.3 Å². The monoisotopic (exact) mass is 365 g/mol. The molecule has 0 bridgehead atoms. The third-order valence-electron chi connectivity index (χ3n) is 3.85. The SMILES string of the molecule is Cn1nnc(CNC(=O)N2CCN(S(=O)(=O)c3ccccc3)CC2)n1. The standard InChI is InChI=1S/C14H19N7O3S/c1-19-17-13(16-18-19)11-15-14(22)20-7-9-21(10-8-20)25(23,24)12-5-3-2-4-6-12/h2-6H,7-11H2,1H3,(H,15,22). The maximum Gasteiger partial charge on any atom is 0.317 e. The Morgan fingerprint density at radius 3 is 2.44 bits per heavy atom. The van der Waals surface area contributed by atoms with E-state index in [9.17, 15) is 13.2 Å². The molecule has 1 aliphatic rings. The second-order valence-corrected chi connectivity index (χ2v) is 7.50. The van der Waals surface area contributed by atoms with Gasteiger partial charge in [0, 0.05) is 26.2 Å². The van der Waals surface area contributed by atoms with E-state index in [-0.39, 0.29) is 30.6 Å². The Kier molecular flexibility index (Phi) is 4.95. The lowest BCUT2D eigenvalue weighted by molar-refractivity contribution is 0.171. The normalized spacial score (nSPS) is 16.0. The van der Waals surface area contributed by atoms with Crippen LogP contribution in [0.4, 0.5) is 4.79 Å². The van der Waals surface area contributed by atoms with Gasteiger partial charge in [-0.2, -0.15) is 9.10 Å². The number of aromatic nitrogens is 4. The maximum atomic E-state index is 12.6. The smallest absolute Gasteiger partial charge is 0.317 e. The quantitative estimate of drug-likeness (QED) is 0.776. The molecular weight excluding hydrogens is 346 g/mol. The first-order valence-corrected chi connectivity index (χ1v) is 9.21. The van der Waals surface area contributed by atoms with Crippen LogP contribution in [-0.4, -0.2) is 70.0 Å². The van der Waals surface area contributed by atoms with Crippen molar-refractivity contribution < 1.29 is 13.2 Å². The number of hydrogen-bond acceptors (Lipinski definition) is 6. The molecule has 1 aromatic carbocycles. The van der Waals surface area contributed by atoms with Crippen molar-refractivity contribution in [3.8, 4) is 0 Å². The van der Waals surface area contributed by atoms with Gasteiger partial charge in [-0.3, -0.25) is 0 Å². The average molecular weight is 365 g/mol. The lowest BCUT2D eigenvalue weighted by Crippen LogP contribution is -2.53. The number of tetrazole rings is 1. The van der Waals surface area contributed by atoms with E-state index in [0.717, 1.165) is 0 Å². The van der Waals surface area contributed by atoms with Crippen molar-refractivity contribution >= 4 is 16.1 Å². The Morgan fingerprint density at radius 1 is 1.16 bits per heavy atom. The van der Waals surface area contributed by atoms with Crippen molar-refractivity contribution in [2.45, 2.75) is 11.4 Å². The second kappa shape index (κ2) is 7.15. The molecule has 0 spiro atoms. The molecule has 1 saturated heterocycles. The van der Waals surface area contributed by atoms with Gasteiger partial charge in [0.15, 0.2) is 5.82 Å². The summed E-state index contributed by atoms with van der Waals surface area (Å²) in [5, 5.41) is 14.2. The number of amides is 2. The summed E-state index contributed by atoms with van der Waals surface area (Å²) in [5.41, 5.74) is 0. The molecule has 0 radical (unpaired) electrons. The number of piperazine rings is 1. The zero-order valence-corrected chi connectivity index (χ0v) is 14.6. The second-order valence-electron chi connectivity index (χ2n) is 5.56. The number of nitrogens with zero attached hydrogens (tertiary/aromatic N) is 6. The molecule has 134 valence electrons. The van der Waals surface area contributed by atoms with Gasteiger partial charge in [-0.1, -0.05) is 18.2 Å². The Morgan fingerprint density at radius 2 is 1.84 bits per heavy atom. The minimum Gasteiger partial charge on any atom is -0.331 e. The Hall–Kier alpha value is -2.53. The maximum absolute atomic E-state index is 12.6. The van der Waals surface area contributed by atoms with Gasteiger partial charge in [-0.25, -0.2) is 13.2 Å². The Balaban J connectivity index is 1.54. The van der Waals surface area contributed by atoms with Crippen molar-refractivity contribution in [1.29, 1.82) is 0 Å². The van der Waals surface area contributed by atoms with E-state index < -0.39 is 10.0 Å². The number of carbonyl (C=O) groups is 1. The molecule has 0 saturated carbocycles. The van der Waals surface area contributed by atoms with E-state index >= 15 is 0 Å². The van der Waals surface area contributed by atoms with Gasteiger partial charge < -0.3 is 10.2 Å². The molecule has 1 aromatic heterocycles. The summed E-state index contributed by atoms with van der Waals surface area (Å²) in [5.74, 6) is 0.418. The third kappa shape index (κ3) is 3.94. The number of hydrogen-bond donors (Lipinski definition) is 1. The number of nitrogens with one attached hydrogen (secondary N) is 1. The van der Waals surface area contributed by atoms with Crippen molar-refractivity contribution in [2.75, 3.05) is 26.2 Å². The number of benzene rings is 1. The fraction of sp³-hybridized carbons (Fsp3) is 0.429. The summed E-state index contributed by atoms with van der Waals surface area (Å²) in [6.07, 6.45) is 0. The van der Waals surface area contributed by atoms with Crippen molar-refractivity contribution in [3.63, 3.8) is 0 Å². The number of rotatable bonds is 4. The minimum absolute atomic E-state index is 0.176. The van der Waals surface area contributed by atoms with Crippen LogP contribution in [0.25, 0.3) is 0 Å². The molecule has 0 unspecified atom stereocenters. The lowest BCUT2D eigenvalue weighted by atomic mass is 10.4. The predicted octanol–water partition coefficient (Wildman–Crippen LogP) is -0.574. The van der Waals surface area contributed by atoms with Crippen molar-refractivity contribution in [1.82, 2.24) is 34.7 Å². The number of urea groups is 1. The van der Waals surface area contributed by atoms with Gasteiger partial charge in [0.2, 0.25) is 10.0 Å². The molecule has 1 aliphatic heterocycles. The molecule has 10 nitrogen and oxygen atoms in total. The fourth-order valence-electron chi connectivity index (χ4n) is 2.53. The van der Waals surface area contributed by atoms with Crippen molar-refractivity contribution in [3.05, 3.63) is 36.2 Å². The van der Waals surface area contributed by atoms with E-state index in [2.05, 4.69) is 20.7 Å². The van der Waals surface area contributed by atoms with Crippen LogP contribution >= 0.6 is 0 Å². The molecule has 3 rings (SSSR count). The molecule has 2 heterocycles. The van der Waals surface area contributed by atoms with E-state index in [4.69, 9.17) is 0 Å². The summed E-state index contributed by atoms with van der Waals surface area (Å²) in [6.45, 7) is 1.34. The van der Waals surface area contributed by atoms with Gasteiger partial charge >= 0.3 is 6.03 Å². The van der Waals surface area contributed by atoms with Gasteiger partial charge in [0.05, 0.1) is 18.5 Å². The van der Waals surface area contributed by atoms with E-state index in [1.165, 1.54) is 9.10 Å². The lowest BCUT2D eigenvalue weighted by Gasteiger charge is -2.33. The van der Waals surface area contributed by atoms with Crippen LogP contribution in [-0.2, 0) is 23.6 Å². The van der Waals surface area contributed by atoms with Crippen LogP contribution in [0.2, 0.25) is 0 Å². The van der Waals surface area contributed by atoms with Gasteiger partial charge in [-0.05, 0) is 17.3 Å². The predicted molar refractivity (Wildman–Crippen MR) is 87.8 cm³/mol. The highest BCUT2D eigenvalue weighted by molar-refractivity contribution is 7.89. The third-order valence-corrected chi connectivity index (χ3v) is 5.77. The van der Waals surface area contributed by atoms with Crippen LogP contribution in [0, 0.1) is 0 Å². The van der Waals surface area contributed by atoms with Crippen LogP contribution in [0.15, 0.2) is 35.2 Å². The Bertz CT molecular complexity index is 829. The first-order chi connectivity index (χ1) is 12.0. The summed E-state index contributed by atoms with van der Waals surface area (Å²) in [7, 11) is -1.88. The molecular formula is C14H19N7O3S. The van der Waals surface area contributed by atoms with Crippen molar-refractivity contribution in [2.24, 2.45) is 7.05 Å². The molecule has 11 heteroatoms. The van der Waals surface area contributed by atoms with Crippen LogP contribution < -0.4 is 5.32 Å². The number of sulfonamides is 1. The minimum atomic E-state index is -3.52. The van der Waals surface area contributed by atoms with Gasteiger partial charge in [0.1, 0.15) is 0 Å². The Labute approximate surface area is 145 Å². The summed E-state index contributed by atoms with van der Waals surface area (Å²) in [6, 6.07) is 8.02. The molecule has 0 atom stereocenters. The first kappa shape index (κ1) is 17.3. The van der Waals surface area contributed by atoms with E-state index in [0.29, 0.717) is 18.9 Å². The zero-order valence-electron chi connectivity index (χ0n) is 13.7. The number of aryl methyl sites for hydroxylation is 1. The highest BCUT2D eigenvalue weighted by atomic mass is 32.2. The summed E-state index contributed by atoms with van der Waals surface area (Å²) < 4.78 is 26.5. The zero-order chi connectivity index (χ0) is 17.9. The number of carbonyl (C=O) groups excluding carboxylic acids is 1. The summed E-state index contributed by atoms with van der Waals surface area (Å²) in [4.78, 5) is 15.3. The molecule has 2 aromatic rings. The van der Waals surface area contributed by atoms with Crippen LogP contribution in [0.1, 0.15) is 5.82 Å². The van der Waals surface area contributed by atoms with Gasteiger partial charge in [0.25, 0.3) is 0 Å². The van der Waals surface area contributed by atoms with Gasteiger partial charge in [-0.15, -0.1) is 10.2 Å². The molecule has 25 heavy (non-hydrogen) atoms. The highest BCUT2D eigenvalue weighted by Gasteiger charge is 2.29. The highest BCUT2D eigenvalue weighted by Crippen LogP contribution is 2.17. The van der Waals surface area contributed by atoms with Crippen LogP contribution in [0.5, 0.6) is 0 Å². The molecule has 1 N–H and O–H groups in total. The molecule has 2 amide bonds. The van der Waals surface area contributed by atoms with E-state index in [1.807, 2.05) is 0 Å². The van der Waals surface area contributed by atoms with Crippen LogP contribution in [0.3, 0.4) is 0 Å². The average Bonchev–Trinajstić information content (AvgIpc) is 3.06. The molecule has 1 fully saturated rings. The fourth-order valence-corrected chi connectivity index (χ4v) is 3.98. The topological polar surface area (TPSA) is 113 Å². The largest absolute Gasteiger partial charge is 0.331 e. The summed E-state index contributed by atoms with van der Waals surface area (Å²) >= 11 is 0. The first-order valence-electron chi connectivity index (χ1n) is 7.77.